The van der Waals surface area contributed by atoms with Gasteiger partial charge in [0, 0.05) is 19.2 Å². The van der Waals surface area contributed by atoms with Crippen LogP contribution < -0.4 is 20.5 Å². The van der Waals surface area contributed by atoms with Crippen LogP contribution in [0.25, 0.3) is 17.2 Å². The quantitative estimate of drug-likeness (QED) is 0.439. The van der Waals surface area contributed by atoms with Crippen LogP contribution >= 0.6 is 24.8 Å². The molecule has 0 aliphatic carbocycles. The summed E-state index contributed by atoms with van der Waals surface area (Å²) < 4.78 is 17.4. The van der Waals surface area contributed by atoms with E-state index in [1.165, 1.54) is 4.52 Å². The lowest BCUT2D eigenvalue weighted by molar-refractivity contribution is 0.354. The summed E-state index contributed by atoms with van der Waals surface area (Å²) in [6.45, 7) is 1.16. The van der Waals surface area contributed by atoms with Crippen LogP contribution in [-0.2, 0) is 13.1 Å². The number of methoxy groups -OCH3 is 2. The smallest absolute Gasteiger partial charge is 0.223 e. The Hall–Kier alpha value is -3.01. The van der Waals surface area contributed by atoms with E-state index in [0.717, 1.165) is 11.3 Å². The SMILES string of the molecule is COc1ccc(CNCc2cc3nc(-c4ccco4)nn3c(N)n2)cc1OC.Cl.Cl. The molecule has 4 rings (SSSR count). The molecule has 160 valence electrons. The van der Waals surface area contributed by atoms with E-state index in [0.29, 0.717) is 41.8 Å². The topological polar surface area (TPSA) is 113 Å². The monoisotopic (exact) mass is 452 g/mol. The number of benzene rings is 1. The molecule has 3 heterocycles. The number of anilines is 1. The fraction of sp³-hybridized carbons (Fsp3) is 0.211. The minimum Gasteiger partial charge on any atom is -0.493 e. The molecule has 1 aromatic carbocycles. The molecule has 3 aromatic heterocycles. The van der Waals surface area contributed by atoms with Gasteiger partial charge in [0.05, 0.1) is 26.2 Å². The van der Waals surface area contributed by atoms with Gasteiger partial charge < -0.3 is 24.9 Å². The van der Waals surface area contributed by atoms with Gasteiger partial charge in [0.1, 0.15) is 0 Å². The molecule has 0 spiro atoms. The molecule has 0 unspecified atom stereocenters. The zero-order valence-electron chi connectivity index (χ0n) is 16.4. The summed E-state index contributed by atoms with van der Waals surface area (Å²) in [6, 6.07) is 11.2. The first kappa shape index (κ1) is 23.3. The molecule has 0 atom stereocenters. The molecule has 30 heavy (non-hydrogen) atoms. The lowest BCUT2D eigenvalue weighted by Gasteiger charge is -2.10. The minimum absolute atomic E-state index is 0. The van der Waals surface area contributed by atoms with E-state index in [9.17, 15) is 0 Å². The molecule has 0 amide bonds. The number of nitrogens with two attached hydrogens (primary N) is 1. The van der Waals surface area contributed by atoms with Crippen molar-refractivity contribution in [1.82, 2.24) is 24.9 Å². The average Bonchev–Trinajstić information content (AvgIpc) is 3.37. The molecule has 4 aromatic rings. The second-order valence-electron chi connectivity index (χ2n) is 6.08. The Bertz CT molecular complexity index is 1100. The van der Waals surface area contributed by atoms with Crippen LogP contribution in [0, 0.1) is 0 Å². The number of halogens is 2. The van der Waals surface area contributed by atoms with Crippen molar-refractivity contribution in [3.8, 4) is 23.1 Å². The van der Waals surface area contributed by atoms with Gasteiger partial charge in [0.15, 0.2) is 22.9 Å². The van der Waals surface area contributed by atoms with Gasteiger partial charge in [-0.05, 0) is 29.8 Å². The number of nitrogens with one attached hydrogen (secondary N) is 1. The van der Waals surface area contributed by atoms with Crippen LogP contribution in [0.4, 0.5) is 5.95 Å². The number of fused-ring (bicyclic) bond motifs is 1. The highest BCUT2D eigenvalue weighted by atomic mass is 35.5. The summed E-state index contributed by atoms with van der Waals surface area (Å²) in [5.74, 6) is 2.71. The van der Waals surface area contributed by atoms with Gasteiger partial charge in [0.2, 0.25) is 11.8 Å². The van der Waals surface area contributed by atoms with Crippen molar-refractivity contribution in [2.24, 2.45) is 0 Å². The van der Waals surface area contributed by atoms with E-state index < -0.39 is 0 Å². The van der Waals surface area contributed by atoms with Gasteiger partial charge in [-0.3, -0.25) is 0 Å². The second-order valence-corrected chi connectivity index (χ2v) is 6.08. The number of furan rings is 1. The number of nitrogen functional groups attached to an aromatic ring is 1. The molecule has 0 bridgehead atoms. The third kappa shape index (κ3) is 4.76. The van der Waals surface area contributed by atoms with Crippen molar-refractivity contribution in [3.63, 3.8) is 0 Å². The van der Waals surface area contributed by atoms with Gasteiger partial charge in [-0.25, -0.2) is 9.97 Å². The molecule has 0 fully saturated rings. The van der Waals surface area contributed by atoms with E-state index in [4.69, 9.17) is 19.6 Å². The zero-order chi connectivity index (χ0) is 19.5. The van der Waals surface area contributed by atoms with Crippen molar-refractivity contribution >= 4 is 36.4 Å². The standard InChI is InChI=1S/C19H20N6O3.2ClH/c1-26-14-6-5-12(8-16(14)27-2)10-21-11-13-9-17-23-18(15-4-3-7-28-15)24-25(17)19(20)22-13;;/h3-9,21H,10-11H2,1-2H3,(H2,20,22);2*1H. The number of hydrogen-bond acceptors (Lipinski definition) is 8. The Balaban J connectivity index is 0.00000160. The van der Waals surface area contributed by atoms with Crippen molar-refractivity contribution < 1.29 is 13.9 Å². The molecular weight excluding hydrogens is 431 g/mol. The van der Waals surface area contributed by atoms with Crippen LogP contribution in [0.5, 0.6) is 11.5 Å². The highest BCUT2D eigenvalue weighted by Crippen LogP contribution is 2.27. The van der Waals surface area contributed by atoms with Crippen molar-refractivity contribution in [2.45, 2.75) is 13.1 Å². The average molecular weight is 453 g/mol. The fourth-order valence-corrected chi connectivity index (χ4v) is 2.89. The normalized spacial score (nSPS) is 10.3. The van der Waals surface area contributed by atoms with Gasteiger partial charge in [-0.2, -0.15) is 4.52 Å². The maximum absolute atomic E-state index is 6.04. The Morgan fingerprint density at radius 1 is 1.03 bits per heavy atom. The predicted molar refractivity (Wildman–Crippen MR) is 117 cm³/mol. The van der Waals surface area contributed by atoms with E-state index >= 15 is 0 Å². The van der Waals surface area contributed by atoms with Crippen LogP contribution in [-0.4, -0.2) is 33.8 Å². The summed E-state index contributed by atoms with van der Waals surface area (Å²) in [4.78, 5) is 8.85. The van der Waals surface area contributed by atoms with Gasteiger partial charge in [-0.15, -0.1) is 29.9 Å². The first-order chi connectivity index (χ1) is 13.7. The Morgan fingerprint density at radius 2 is 1.83 bits per heavy atom. The van der Waals surface area contributed by atoms with Crippen molar-refractivity contribution in [2.75, 3.05) is 20.0 Å². The molecule has 11 heteroatoms. The summed E-state index contributed by atoms with van der Waals surface area (Å²) in [5, 5.41) is 7.68. The lowest BCUT2D eigenvalue weighted by Crippen LogP contribution is -2.15. The molecule has 9 nitrogen and oxygen atoms in total. The largest absolute Gasteiger partial charge is 0.493 e. The molecule has 0 aliphatic rings. The van der Waals surface area contributed by atoms with Gasteiger partial charge in [0.25, 0.3) is 0 Å². The van der Waals surface area contributed by atoms with E-state index in [1.54, 1.807) is 32.6 Å². The first-order valence-corrected chi connectivity index (χ1v) is 8.65. The third-order valence-corrected chi connectivity index (χ3v) is 4.23. The molecule has 0 aliphatic heterocycles. The van der Waals surface area contributed by atoms with E-state index in [2.05, 4.69) is 20.4 Å². The maximum atomic E-state index is 6.04. The Labute approximate surface area is 185 Å². The third-order valence-electron chi connectivity index (χ3n) is 4.23. The fourth-order valence-electron chi connectivity index (χ4n) is 2.89. The maximum Gasteiger partial charge on any atom is 0.223 e. The van der Waals surface area contributed by atoms with Crippen LogP contribution in [0.1, 0.15) is 11.3 Å². The van der Waals surface area contributed by atoms with Crippen LogP contribution in [0.15, 0.2) is 47.1 Å². The number of nitrogens with zero attached hydrogens (tertiary/aromatic N) is 4. The number of rotatable bonds is 7. The number of ether oxygens (including phenoxy) is 2. The van der Waals surface area contributed by atoms with Crippen molar-refractivity contribution in [1.29, 1.82) is 0 Å². The van der Waals surface area contributed by atoms with Crippen LogP contribution in [0.2, 0.25) is 0 Å². The van der Waals surface area contributed by atoms with E-state index in [1.807, 2.05) is 24.3 Å². The van der Waals surface area contributed by atoms with E-state index in [-0.39, 0.29) is 30.8 Å². The summed E-state index contributed by atoms with van der Waals surface area (Å²) in [5.41, 5.74) is 8.48. The summed E-state index contributed by atoms with van der Waals surface area (Å²) >= 11 is 0. The highest BCUT2D eigenvalue weighted by molar-refractivity contribution is 5.85. The molecule has 0 radical (unpaired) electrons. The Kier molecular flexibility index (Phi) is 7.87. The van der Waals surface area contributed by atoms with Crippen molar-refractivity contribution in [3.05, 3.63) is 53.9 Å². The summed E-state index contributed by atoms with van der Waals surface area (Å²) in [7, 11) is 3.23. The molecule has 3 N–H and O–H groups in total. The van der Waals surface area contributed by atoms with Gasteiger partial charge >= 0.3 is 0 Å². The first-order valence-electron chi connectivity index (χ1n) is 8.65. The summed E-state index contributed by atoms with van der Waals surface area (Å²) in [6.07, 6.45) is 1.58. The predicted octanol–water partition coefficient (Wildman–Crippen LogP) is 3.12. The van der Waals surface area contributed by atoms with Gasteiger partial charge in [-0.1, -0.05) is 6.07 Å². The lowest BCUT2D eigenvalue weighted by atomic mass is 10.2. The second kappa shape index (κ2) is 10.1. The zero-order valence-corrected chi connectivity index (χ0v) is 18.0. The molecule has 0 saturated carbocycles. The minimum atomic E-state index is 0. The Morgan fingerprint density at radius 3 is 2.53 bits per heavy atom. The highest BCUT2D eigenvalue weighted by Gasteiger charge is 2.12. The molecular formula is C19H22Cl2N6O3. The molecule has 0 saturated heterocycles. The number of hydrogen-bond donors (Lipinski definition) is 2. The van der Waals surface area contributed by atoms with Crippen LogP contribution in [0.3, 0.4) is 0 Å². The number of aromatic nitrogens is 4.